The highest BCUT2D eigenvalue weighted by Crippen LogP contribution is 2.44. The van der Waals surface area contributed by atoms with Gasteiger partial charge in [0.2, 0.25) is 11.9 Å². The van der Waals surface area contributed by atoms with Crippen molar-refractivity contribution in [2.45, 2.75) is 0 Å². The highest BCUT2D eigenvalue weighted by molar-refractivity contribution is 6.15. The molecule has 24 rings (SSSR count). The van der Waals surface area contributed by atoms with Crippen molar-refractivity contribution in [1.29, 1.82) is 0 Å². The van der Waals surface area contributed by atoms with E-state index in [1.54, 1.807) is 0 Å². The number of fused-ring (bicyclic) bond motifs is 12. The maximum Gasteiger partial charge on any atom is 0.234 e. The number of rotatable bonds is 14. The van der Waals surface area contributed by atoms with Gasteiger partial charge in [-0.25, -0.2) is 19.9 Å². The van der Waals surface area contributed by atoms with Crippen LogP contribution in [0.3, 0.4) is 0 Å². The van der Waals surface area contributed by atoms with Crippen molar-refractivity contribution in [1.82, 2.24) is 38.2 Å². The zero-order chi connectivity index (χ0) is 82.0. The Hall–Kier alpha value is -16.7. The van der Waals surface area contributed by atoms with Crippen LogP contribution < -0.4 is 0 Å². The number of hydrogen-bond donors (Lipinski definition) is 0. The van der Waals surface area contributed by atoms with E-state index in [0.717, 1.165) is 88.7 Å². The first kappa shape index (κ1) is 72.5. The summed E-state index contributed by atoms with van der Waals surface area (Å²) in [6.07, 6.45) is 7.76. The smallest absolute Gasteiger partial charge is 0.234 e. The van der Waals surface area contributed by atoms with Crippen LogP contribution in [-0.2, 0) is 0 Å². The standard InChI is InChI=1S/2C58H38N4/c1-4-14-41(15-5-1)48-31-28-43(34-52(48)42-16-6-2-7-17-42)39-24-26-40(27-25-39)46-37-59-58(60-38-46)62-55-23-13-11-21-50(55)53-35-44(30-33-56(53)62)45-29-32-51-49-20-10-12-22-54(49)61(57(51)36-45)47-18-8-3-9-19-47;1-4-14-39(15-5-1)45-32-46(40-16-6-2-7-17-40)34-47(33-45)41-24-26-42(27-25-41)48-37-59-58(60-38-48)62-55-23-13-11-21-51(55)53-35-43(29-31-56(53)62)44-28-30-52-50-20-10-12-22-54(50)61(57(52)36-44)49-18-8-3-9-19-49/h2*1-38H. The second-order valence-corrected chi connectivity index (χ2v) is 31.7. The maximum absolute atomic E-state index is 4.99. The minimum atomic E-state index is 0.643. The molecule has 0 amide bonds. The largest absolute Gasteiger partial charge is 0.309 e. The summed E-state index contributed by atoms with van der Waals surface area (Å²) in [5.74, 6) is 1.29. The van der Waals surface area contributed by atoms with Crippen molar-refractivity contribution in [2.24, 2.45) is 0 Å². The van der Waals surface area contributed by atoms with Crippen molar-refractivity contribution >= 4 is 87.2 Å². The highest BCUT2D eigenvalue weighted by Gasteiger charge is 2.22. The predicted molar refractivity (Wildman–Crippen MR) is 516 cm³/mol. The average molecular weight is 1580 g/mol. The van der Waals surface area contributed by atoms with Crippen LogP contribution in [0.2, 0.25) is 0 Å². The summed E-state index contributed by atoms with van der Waals surface area (Å²) in [7, 11) is 0. The van der Waals surface area contributed by atoms with Crippen molar-refractivity contribution < 1.29 is 0 Å². The fraction of sp³-hybridized carbons (Fsp3) is 0. The van der Waals surface area contributed by atoms with E-state index in [1.165, 1.54) is 121 Å². The molecule has 0 aliphatic heterocycles. The number of nitrogens with zero attached hydrogens (tertiary/aromatic N) is 8. The van der Waals surface area contributed by atoms with E-state index in [9.17, 15) is 0 Å². The van der Waals surface area contributed by atoms with Gasteiger partial charge in [0.1, 0.15) is 0 Å². The molecule has 0 bridgehead atoms. The molecular weight excluding hydrogens is 1510 g/mol. The zero-order valence-electron chi connectivity index (χ0n) is 67.5. The van der Waals surface area contributed by atoms with Gasteiger partial charge in [0, 0.05) is 90.4 Å². The van der Waals surface area contributed by atoms with Crippen molar-refractivity contribution in [3.8, 4) is 135 Å². The Morgan fingerprint density at radius 2 is 0.379 bits per heavy atom. The molecule has 0 N–H and O–H groups in total. The second kappa shape index (κ2) is 30.9. The van der Waals surface area contributed by atoms with Gasteiger partial charge in [-0.3, -0.25) is 9.13 Å². The van der Waals surface area contributed by atoms with Crippen LogP contribution in [0, 0.1) is 0 Å². The van der Waals surface area contributed by atoms with E-state index >= 15 is 0 Å². The molecule has 0 saturated carbocycles. The fourth-order valence-corrected chi connectivity index (χ4v) is 18.5. The Bertz CT molecular complexity index is 8080. The molecule has 18 aromatic carbocycles. The molecule has 0 fully saturated rings. The molecular formula is C116H76N8. The summed E-state index contributed by atoms with van der Waals surface area (Å²) in [6, 6.07) is 156. The summed E-state index contributed by atoms with van der Waals surface area (Å²) in [6.45, 7) is 0. The van der Waals surface area contributed by atoms with Crippen LogP contribution in [0.5, 0.6) is 0 Å². The number of hydrogen-bond acceptors (Lipinski definition) is 4. The Balaban J connectivity index is 0.000000143. The molecule has 0 spiro atoms. The third-order valence-corrected chi connectivity index (χ3v) is 24.5. The van der Waals surface area contributed by atoms with Gasteiger partial charge in [-0.05, 0) is 209 Å². The van der Waals surface area contributed by atoms with Gasteiger partial charge in [-0.15, -0.1) is 0 Å². The van der Waals surface area contributed by atoms with Gasteiger partial charge in [0.15, 0.2) is 0 Å². The molecule has 0 atom stereocenters. The number of para-hydroxylation sites is 6. The average Bonchev–Trinajstić information content (AvgIpc) is 1.59. The Labute approximate surface area is 716 Å². The molecule has 8 heteroatoms. The molecule has 8 nitrogen and oxygen atoms in total. The van der Waals surface area contributed by atoms with Crippen LogP contribution in [0.1, 0.15) is 0 Å². The SMILES string of the molecule is c1ccc(-c2cc(-c3ccccc3)cc(-c3ccc(-c4cnc(-n5c6ccccc6c6cc(-c7ccc8c9ccccc9n(-c9ccccc9)c8c7)ccc65)nc4)cc3)c2)cc1.c1ccc(-c2ccc(-c3ccc(-c4cnc(-n5c6ccccc6c6cc(-c7ccc8c9ccccc9n(-c9ccccc9)c8c7)ccc65)nc4)cc3)cc2-c2ccccc2)cc1. The monoisotopic (exact) mass is 1580 g/mol. The lowest BCUT2D eigenvalue weighted by Gasteiger charge is -2.13. The number of benzene rings is 18. The fourth-order valence-electron chi connectivity index (χ4n) is 18.5. The third kappa shape index (κ3) is 13.1. The molecule has 0 saturated heterocycles. The topological polar surface area (TPSA) is 71.3 Å². The molecule has 0 radical (unpaired) electrons. The summed E-state index contributed by atoms with van der Waals surface area (Å²) in [5.41, 5.74) is 34.4. The first-order chi connectivity index (χ1) is 61.5. The molecule has 580 valence electrons. The van der Waals surface area contributed by atoms with Gasteiger partial charge in [-0.1, -0.05) is 328 Å². The first-order valence-electron chi connectivity index (χ1n) is 42.1. The number of aromatic nitrogens is 8. The van der Waals surface area contributed by atoms with E-state index in [4.69, 9.17) is 19.9 Å². The van der Waals surface area contributed by atoms with Gasteiger partial charge in [0.25, 0.3) is 0 Å². The molecule has 0 aliphatic rings. The van der Waals surface area contributed by atoms with Gasteiger partial charge in [0.05, 0.1) is 44.1 Å². The summed E-state index contributed by atoms with van der Waals surface area (Å²) < 4.78 is 9.11. The van der Waals surface area contributed by atoms with E-state index < -0.39 is 0 Å². The van der Waals surface area contributed by atoms with Crippen molar-refractivity contribution in [3.63, 3.8) is 0 Å². The Morgan fingerprint density at radius 3 is 0.766 bits per heavy atom. The van der Waals surface area contributed by atoms with Gasteiger partial charge >= 0.3 is 0 Å². The summed E-state index contributed by atoms with van der Waals surface area (Å²) >= 11 is 0. The molecule has 0 unspecified atom stereocenters. The summed E-state index contributed by atoms with van der Waals surface area (Å²) in [4.78, 5) is 20.0. The quantitative estimate of drug-likeness (QED) is 0.109. The van der Waals surface area contributed by atoms with E-state index in [0.29, 0.717) is 11.9 Å². The van der Waals surface area contributed by atoms with Gasteiger partial charge in [-0.2, -0.15) is 0 Å². The van der Waals surface area contributed by atoms with E-state index in [-0.39, 0.29) is 0 Å². The molecule has 6 aromatic heterocycles. The van der Waals surface area contributed by atoms with E-state index in [1.807, 2.05) is 24.8 Å². The minimum Gasteiger partial charge on any atom is -0.309 e. The maximum atomic E-state index is 4.99. The Morgan fingerprint density at radius 1 is 0.129 bits per heavy atom. The molecule has 6 heterocycles. The lowest BCUT2D eigenvalue weighted by molar-refractivity contribution is 0.990. The lowest BCUT2D eigenvalue weighted by atomic mass is 9.91. The van der Waals surface area contributed by atoms with Crippen molar-refractivity contribution in [2.75, 3.05) is 0 Å². The lowest BCUT2D eigenvalue weighted by Crippen LogP contribution is -2.00. The molecule has 124 heavy (non-hydrogen) atoms. The first-order valence-corrected chi connectivity index (χ1v) is 42.1. The van der Waals surface area contributed by atoms with E-state index in [2.05, 4.69) is 455 Å². The van der Waals surface area contributed by atoms with Crippen LogP contribution in [0.25, 0.3) is 222 Å². The predicted octanol–water partition coefficient (Wildman–Crippen LogP) is 30.0. The zero-order valence-corrected chi connectivity index (χ0v) is 67.5. The summed E-state index contributed by atoms with van der Waals surface area (Å²) in [5, 5.41) is 9.65. The Kier molecular flexibility index (Phi) is 18.1. The van der Waals surface area contributed by atoms with Crippen molar-refractivity contribution in [3.05, 3.63) is 462 Å². The van der Waals surface area contributed by atoms with Crippen LogP contribution >= 0.6 is 0 Å². The normalized spacial score (nSPS) is 11.5. The minimum absolute atomic E-state index is 0.643. The highest BCUT2D eigenvalue weighted by atomic mass is 15.2. The van der Waals surface area contributed by atoms with Crippen LogP contribution in [0.4, 0.5) is 0 Å². The third-order valence-electron chi connectivity index (χ3n) is 24.5. The van der Waals surface area contributed by atoms with Crippen LogP contribution in [-0.4, -0.2) is 38.2 Å². The van der Waals surface area contributed by atoms with Crippen LogP contribution in [0.15, 0.2) is 462 Å². The molecule has 24 aromatic rings. The second-order valence-electron chi connectivity index (χ2n) is 31.7. The molecule has 0 aliphatic carbocycles. The van der Waals surface area contributed by atoms with Gasteiger partial charge < -0.3 is 9.13 Å².